The minimum Gasteiger partial charge on any atom is -0.740 e. The number of hydrogen-bond donors (Lipinski definition) is 5. The standard InChI is InChI=1S/C56H71FN12O9S.Tb/c1-7-19-67(20-8-2)21-14-12-17-43(63-52(73)49(34(4)5)64-47(70)18-11-10-13-22-68-31-45(65-66-68)36-27-59-55(79)60-28-36)51(72)58-29-48(71)61-33-77-23-15-16-37-38-24-35(6)42(57)26-44(38)62-50-39(37)30-69-46(50)25-41-40(53(69)74)32-78-54(75)56(41,76)9-3;/h24-28,31,34,43,49,76H,7-14,17-23,29-30,32-33H2,1-6H3,(H,58,72)(H,61,71)(H,63,73)(H,64,70)(H,59,60,79);/p-1/t43-,49-,56-;/m0./s1. The van der Waals surface area contributed by atoms with Gasteiger partial charge in [-0.15, -0.1) is 5.10 Å². The molecule has 0 unspecified atom stereocenters. The van der Waals surface area contributed by atoms with Crippen LogP contribution in [-0.2, 0) is 71.4 Å². The van der Waals surface area contributed by atoms with Gasteiger partial charge in [-0.2, -0.15) is 0 Å². The number of aryl methyl sites for hydroxylation is 2. The molecule has 4 amide bonds. The van der Waals surface area contributed by atoms with Gasteiger partial charge in [-0.25, -0.2) is 14.2 Å². The summed E-state index contributed by atoms with van der Waals surface area (Å²) in [5.74, 6) is 2.54. The number of ether oxygens (including phenoxy) is 2. The first kappa shape index (κ1) is 63.2. The third-order valence-corrected chi connectivity index (χ3v) is 14.3. The molecule has 80 heavy (non-hydrogen) atoms. The first-order chi connectivity index (χ1) is 38.0. The molecule has 431 valence electrons. The van der Waals surface area contributed by atoms with Gasteiger partial charge in [-0.3, -0.25) is 38.6 Å². The summed E-state index contributed by atoms with van der Waals surface area (Å²) in [5, 5.41) is 31.5. The number of hydrogen-bond acceptors (Lipinski definition) is 16. The molecule has 0 spiro atoms. The topological polar surface area (TPSA) is 267 Å². The van der Waals surface area contributed by atoms with Crippen LogP contribution >= 0.6 is 0 Å². The maximum Gasteiger partial charge on any atom is 0.343 e. The average molecular weight is 1270 g/mol. The van der Waals surface area contributed by atoms with Crippen LogP contribution in [0.25, 0.3) is 33.5 Å². The Bertz CT molecular complexity index is 3160. The zero-order chi connectivity index (χ0) is 56.8. The molecule has 24 heteroatoms. The van der Waals surface area contributed by atoms with Gasteiger partial charge in [-0.05, 0) is 102 Å². The van der Waals surface area contributed by atoms with Crippen molar-refractivity contribution in [2.24, 2.45) is 5.92 Å². The van der Waals surface area contributed by atoms with Crippen LogP contribution in [0.3, 0.4) is 0 Å². The number of esters is 1. The number of unbranched alkanes of at least 4 members (excludes halogenated alkanes) is 3. The van der Waals surface area contributed by atoms with Gasteiger partial charge in [0.25, 0.3) is 5.56 Å². The molecular formula is C56H70FN12O9STb-. The molecule has 4 aromatic heterocycles. The van der Waals surface area contributed by atoms with Crippen LogP contribution in [0.4, 0.5) is 4.39 Å². The molecule has 1 aromatic carbocycles. The molecule has 6 heterocycles. The molecule has 3 atom stereocenters. The second-order valence-electron chi connectivity index (χ2n) is 20.3. The van der Waals surface area contributed by atoms with E-state index in [0.717, 1.165) is 51.7 Å². The molecular weight excluding hydrogens is 1190 g/mol. The fourth-order valence-electron chi connectivity index (χ4n) is 9.75. The maximum atomic E-state index is 15.0. The summed E-state index contributed by atoms with van der Waals surface area (Å²) in [6.07, 6.45) is 11.0. The van der Waals surface area contributed by atoms with Gasteiger partial charge in [0.1, 0.15) is 43.5 Å². The number of fused-ring (bicyclic) bond motifs is 5. The molecule has 1 radical (unpaired) electrons. The number of nitrogens with one attached hydrogen (secondary N) is 4. The number of aromatic nitrogens is 7. The minimum atomic E-state index is -2.02. The molecule has 7 rings (SSSR count). The van der Waals surface area contributed by atoms with Crippen molar-refractivity contribution in [1.29, 1.82) is 0 Å². The van der Waals surface area contributed by atoms with Gasteiger partial charge < -0.3 is 57.9 Å². The quantitative estimate of drug-likeness (QED) is 0.0121. The van der Waals surface area contributed by atoms with E-state index in [9.17, 15) is 38.3 Å². The van der Waals surface area contributed by atoms with E-state index in [0.29, 0.717) is 70.5 Å². The summed E-state index contributed by atoms with van der Waals surface area (Å²) in [7, 11) is 0. The number of rotatable bonds is 27. The van der Waals surface area contributed by atoms with Crippen LogP contribution in [-0.4, -0.2) is 126 Å². The third kappa shape index (κ3) is 15.7. The number of benzene rings is 1. The number of amides is 4. The van der Waals surface area contributed by atoms with E-state index in [4.69, 9.17) is 27.1 Å². The number of halogens is 1. The van der Waals surface area contributed by atoms with Crippen LogP contribution in [0, 0.1) is 69.1 Å². The first-order valence-electron chi connectivity index (χ1n) is 27.1. The van der Waals surface area contributed by atoms with E-state index < -0.39 is 59.3 Å². The van der Waals surface area contributed by atoms with E-state index >= 15 is 0 Å². The van der Waals surface area contributed by atoms with Gasteiger partial charge in [0, 0.05) is 103 Å². The van der Waals surface area contributed by atoms with Crippen molar-refractivity contribution in [2.45, 2.75) is 148 Å². The van der Waals surface area contributed by atoms with Gasteiger partial charge in [0.2, 0.25) is 23.6 Å². The maximum absolute atomic E-state index is 15.0. The number of carbonyl (C=O) groups excluding carboxylic acids is 5. The Kier molecular flexibility index (Phi) is 23.4. The van der Waals surface area contributed by atoms with Gasteiger partial charge >= 0.3 is 5.97 Å². The molecule has 5 aromatic rings. The molecule has 2 aliphatic heterocycles. The van der Waals surface area contributed by atoms with Crippen molar-refractivity contribution in [3.8, 4) is 34.5 Å². The molecule has 0 bridgehead atoms. The molecule has 2 aliphatic rings. The summed E-state index contributed by atoms with van der Waals surface area (Å²) in [6, 6.07) is 2.60. The number of nitrogens with zero attached hydrogens (tertiary/aromatic N) is 8. The van der Waals surface area contributed by atoms with E-state index in [1.54, 1.807) is 49.3 Å². The summed E-state index contributed by atoms with van der Waals surface area (Å²) >= 11 is 4.95. The Balaban J connectivity index is 0.0000103. The Morgan fingerprint density at radius 1 is 0.950 bits per heavy atom. The predicted octanol–water partition coefficient (Wildman–Crippen LogP) is 4.22. The van der Waals surface area contributed by atoms with Crippen molar-refractivity contribution in [3.63, 3.8) is 0 Å². The second-order valence-corrected chi connectivity index (χ2v) is 20.6. The van der Waals surface area contributed by atoms with Crippen LogP contribution in [0.5, 0.6) is 0 Å². The smallest absolute Gasteiger partial charge is 0.343 e. The van der Waals surface area contributed by atoms with Gasteiger partial charge in [0.05, 0.1) is 41.8 Å². The Morgan fingerprint density at radius 3 is 2.41 bits per heavy atom. The zero-order valence-electron chi connectivity index (χ0n) is 46.0. The fraction of sp³-hybridized carbons (Fsp3) is 0.518. The molecule has 0 saturated heterocycles. The van der Waals surface area contributed by atoms with E-state index in [-0.39, 0.29) is 112 Å². The monoisotopic (exact) mass is 1260 g/mol. The Morgan fingerprint density at radius 2 is 1.70 bits per heavy atom. The van der Waals surface area contributed by atoms with Crippen LogP contribution in [0.1, 0.15) is 127 Å². The molecule has 0 aliphatic carbocycles. The number of cyclic esters (lactones) is 1. The van der Waals surface area contributed by atoms with Crippen molar-refractivity contribution in [3.05, 3.63) is 80.8 Å². The van der Waals surface area contributed by atoms with Gasteiger partial charge in [0.15, 0.2) is 5.60 Å². The molecule has 5 N–H and O–H groups in total. The summed E-state index contributed by atoms with van der Waals surface area (Å²) in [6.45, 7) is 13.4. The van der Waals surface area contributed by atoms with E-state index in [1.165, 1.54) is 10.6 Å². The average Bonchev–Trinajstić information content (AvgIpc) is 4.23. The van der Waals surface area contributed by atoms with Gasteiger partial charge in [-0.1, -0.05) is 58.1 Å². The molecule has 21 nitrogen and oxygen atoms in total. The van der Waals surface area contributed by atoms with Crippen molar-refractivity contribution in [2.75, 3.05) is 39.5 Å². The Labute approximate surface area is 501 Å². The summed E-state index contributed by atoms with van der Waals surface area (Å²) < 4.78 is 29.0. The predicted molar refractivity (Wildman–Crippen MR) is 293 cm³/mol. The number of aliphatic hydroxyl groups is 1. The van der Waals surface area contributed by atoms with Crippen LogP contribution < -0.4 is 26.8 Å². The fourth-order valence-corrected chi connectivity index (χ4v) is 9.86. The zero-order valence-corrected chi connectivity index (χ0v) is 49.0. The normalized spacial score (nSPS) is 14.9. The third-order valence-electron chi connectivity index (χ3n) is 14.1. The largest absolute Gasteiger partial charge is 0.740 e. The number of pyridine rings is 2. The number of carbonyl (C=O) groups is 5. The van der Waals surface area contributed by atoms with E-state index in [2.05, 4.69) is 72.1 Å². The van der Waals surface area contributed by atoms with Crippen molar-refractivity contribution >= 4 is 53.1 Å². The Hall–Kier alpha value is -5.97. The molecule has 0 fully saturated rings. The summed E-state index contributed by atoms with van der Waals surface area (Å²) in [4.78, 5) is 95.5. The van der Waals surface area contributed by atoms with Crippen LogP contribution in [0.2, 0.25) is 0 Å². The minimum absolute atomic E-state index is 0. The van der Waals surface area contributed by atoms with E-state index in [1.807, 2.05) is 13.8 Å². The SMILES string of the molecule is CCCN(CCC)CCCC[C@H](NC(=O)[C@@H](NC(=O)CCCCCn1cc(-c2cnc([S-])nc2)nn1)C(C)C)C(=O)NCC(=O)NCOCC#Cc1c2c(nc3cc(F)c(C)cc13)-c1cc3c(c(=O)n1C2)COC(=O)[C@]3(O)CC.[Tb]. The second kappa shape index (κ2) is 29.7. The first-order valence-corrected chi connectivity index (χ1v) is 27.5. The van der Waals surface area contributed by atoms with Crippen molar-refractivity contribution in [1.82, 2.24) is 60.7 Å². The summed E-state index contributed by atoms with van der Waals surface area (Å²) in [5.41, 5.74) is 1.58. The van der Waals surface area contributed by atoms with Crippen molar-refractivity contribution < 1.29 is 81.6 Å². The van der Waals surface area contributed by atoms with Crippen LogP contribution in [0.15, 0.2) is 46.7 Å². The molecule has 0 saturated carbocycles.